The minimum absolute atomic E-state index is 0.811. The zero-order valence-corrected chi connectivity index (χ0v) is 10.6. The lowest BCUT2D eigenvalue weighted by atomic mass is 10.1. The van der Waals surface area contributed by atoms with E-state index in [0.29, 0.717) is 0 Å². The summed E-state index contributed by atoms with van der Waals surface area (Å²) < 4.78 is 14.1. The Morgan fingerprint density at radius 2 is 1.93 bits per heavy atom. The van der Waals surface area contributed by atoms with Crippen molar-refractivity contribution in [3.05, 3.63) is 29.8 Å². The molecule has 0 aliphatic rings. The van der Waals surface area contributed by atoms with Gasteiger partial charge in [0.2, 0.25) is 0 Å². The maximum atomic E-state index is 11.3. The first-order valence-electron chi connectivity index (χ1n) is 4.72. The Hall–Kier alpha value is -0.650. The molecule has 0 bridgehead atoms. The second-order valence-corrected chi connectivity index (χ2v) is 7.08. The minimum Gasteiger partial charge on any atom is -0.319 e. The van der Waals surface area contributed by atoms with E-state index < -0.39 is 8.68 Å². The molecular formula is C10H16N2OS2. The van der Waals surface area contributed by atoms with Crippen LogP contribution in [0.15, 0.2) is 24.3 Å². The summed E-state index contributed by atoms with van der Waals surface area (Å²) in [6, 6.07) is 7.83. The molecule has 0 fully saturated rings. The third kappa shape index (κ3) is 5.11. The normalized spacial score (nSPS) is 14.5. The summed E-state index contributed by atoms with van der Waals surface area (Å²) in [6.07, 6.45) is 2.50. The summed E-state index contributed by atoms with van der Waals surface area (Å²) in [5.41, 5.74) is 2.06. The predicted octanol–water partition coefficient (Wildman–Crippen LogP) is 1.15. The van der Waals surface area contributed by atoms with Gasteiger partial charge in [-0.1, -0.05) is 12.1 Å². The van der Waals surface area contributed by atoms with Gasteiger partial charge in [-0.2, -0.15) is 0 Å². The average Bonchev–Trinajstić information content (AvgIpc) is 2.14. The largest absolute Gasteiger partial charge is 0.319 e. The van der Waals surface area contributed by atoms with Crippen LogP contribution in [-0.4, -0.2) is 24.1 Å². The van der Waals surface area contributed by atoms with E-state index in [4.69, 9.17) is 11.2 Å². The van der Waals surface area contributed by atoms with Crippen LogP contribution >= 0.6 is 0 Å². The van der Waals surface area contributed by atoms with E-state index in [1.54, 1.807) is 0 Å². The zero-order valence-electron chi connectivity index (χ0n) is 8.95. The molecule has 0 saturated carbocycles. The lowest BCUT2D eigenvalue weighted by Gasteiger charge is -2.06. The highest BCUT2D eigenvalue weighted by molar-refractivity contribution is 8.33. The molecule has 2 N–H and O–H groups in total. The number of likely N-dealkylation sites (N-methyl/N-ethyl adjacent to an activating group) is 1. The first-order chi connectivity index (χ1) is 7.01. The summed E-state index contributed by atoms with van der Waals surface area (Å²) in [6.45, 7) is 0.957. The van der Waals surface area contributed by atoms with E-state index in [2.05, 4.69) is 10.0 Å². The van der Waals surface area contributed by atoms with Crippen molar-refractivity contribution in [2.75, 3.05) is 24.6 Å². The number of hydrogen-bond acceptors (Lipinski definition) is 3. The molecule has 1 aromatic carbocycles. The number of hydrogen-bond donors (Lipinski definition) is 2. The molecule has 84 valence electrons. The molecule has 1 atom stereocenters. The Morgan fingerprint density at radius 1 is 1.33 bits per heavy atom. The summed E-state index contributed by atoms with van der Waals surface area (Å²) >= 11 is 4.78. The fraction of sp³-hybridized carbons (Fsp3) is 0.400. The van der Waals surface area contributed by atoms with Crippen molar-refractivity contribution >= 4 is 25.6 Å². The minimum atomic E-state index is -2.34. The van der Waals surface area contributed by atoms with Gasteiger partial charge in [0, 0.05) is 23.1 Å². The lowest BCUT2D eigenvalue weighted by Crippen LogP contribution is -2.10. The average molecular weight is 244 g/mol. The van der Waals surface area contributed by atoms with Crippen molar-refractivity contribution in [1.29, 1.82) is 0 Å². The fourth-order valence-corrected chi connectivity index (χ4v) is 2.08. The topological polar surface area (TPSA) is 41.1 Å². The Kier molecular flexibility index (Phi) is 4.50. The molecule has 1 unspecified atom stereocenters. The molecule has 15 heavy (non-hydrogen) atoms. The van der Waals surface area contributed by atoms with Crippen molar-refractivity contribution in [3.63, 3.8) is 0 Å². The maximum Gasteiger partial charge on any atom is 0.108 e. The van der Waals surface area contributed by atoms with Crippen LogP contribution in [0.5, 0.6) is 0 Å². The molecule has 1 rings (SSSR count). The van der Waals surface area contributed by atoms with Gasteiger partial charge in [-0.25, -0.2) is 4.21 Å². The van der Waals surface area contributed by atoms with Crippen LogP contribution in [0.25, 0.3) is 0 Å². The summed E-state index contributed by atoms with van der Waals surface area (Å²) in [4.78, 5) is 0. The smallest absolute Gasteiger partial charge is 0.108 e. The first kappa shape index (κ1) is 12.4. The van der Waals surface area contributed by atoms with Crippen molar-refractivity contribution in [2.45, 2.75) is 6.42 Å². The standard InChI is InChI=1S/C10H16N2OS2/c1-11-8-7-9-3-5-10(6-4-9)12-15(2,13)14/h3-6,11-12H,7-8H2,1-2H3. The van der Waals surface area contributed by atoms with Gasteiger partial charge in [-0.3, -0.25) is 0 Å². The molecule has 0 aliphatic carbocycles. The molecule has 0 saturated heterocycles. The fourth-order valence-electron chi connectivity index (χ4n) is 1.22. The third-order valence-electron chi connectivity index (χ3n) is 1.92. The lowest BCUT2D eigenvalue weighted by molar-refractivity contribution is 0.688. The van der Waals surface area contributed by atoms with Gasteiger partial charge < -0.3 is 10.0 Å². The van der Waals surface area contributed by atoms with E-state index in [0.717, 1.165) is 18.7 Å². The molecule has 0 amide bonds. The Morgan fingerprint density at radius 3 is 2.40 bits per heavy atom. The molecule has 0 radical (unpaired) electrons. The highest BCUT2D eigenvalue weighted by Gasteiger charge is 1.98. The van der Waals surface area contributed by atoms with Crippen molar-refractivity contribution in [1.82, 2.24) is 5.32 Å². The second-order valence-electron chi connectivity index (χ2n) is 3.42. The van der Waals surface area contributed by atoms with Crippen LogP contribution in [0, 0.1) is 0 Å². The quantitative estimate of drug-likeness (QED) is 0.816. The maximum absolute atomic E-state index is 11.3. The van der Waals surface area contributed by atoms with E-state index >= 15 is 0 Å². The van der Waals surface area contributed by atoms with E-state index in [-0.39, 0.29) is 0 Å². The van der Waals surface area contributed by atoms with Gasteiger partial charge >= 0.3 is 0 Å². The Balaban J connectivity index is 2.64. The monoisotopic (exact) mass is 244 g/mol. The summed E-state index contributed by atoms with van der Waals surface area (Å²) in [5.74, 6) is 0. The van der Waals surface area contributed by atoms with E-state index in [1.807, 2.05) is 31.3 Å². The van der Waals surface area contributed by atoms with Gasteiger partial charge in [0.05, 0.1) is 0 Å². The molecule has 0 spiro atoms. The summed E-state index contributed by atoms with van der Waals surface area (Å²) in [7, 11) is -0.406. The summed E-state index contributed by atoms with van der Waals surface area (Å²) in [5, 5.41) is 3.09. The van der Waals surface area contributed by atoms with E-state index in [9.17, 15) is 4.21 Å². The zero-order chi connectivity index (χ0) is 11.3. The van der Waals surface area contributed by atoms with Gasteiger partial charge in [-0.15, -0.1) is 0 Å². The Labute approximate surface area is 96.1 Å². The predicted molar refractivity (Wildman–Crippen MR) is 69.1 cm³/mol. The number of rotatable bonds is 5. The van der Waals surface area contributed by atoms with Gasteiger partial charge in [0.15, 0.2) is 0 Å². The molecule has 0 aromatic heterocycles. The number of nitrogens with one attached hydrogen (secondary N) is 2. The SMILES string of the molecule is CNCCc1ccc(NS(C)(=O)=S)cc1. The highest BCUT2D eigenvalue weighted by Crippen LogP contribution is 2.11. The number of benzene rings is 1. The van der Waals surface area contributed by atoms with Crippen LogP contribution in [0.1, 0.15) is 5.56 Å². The third-order valence-corrected chi connectivity index (χ3v) is 2.78. The second kappa shape index (κ2) is 5.44. The van der Waals surface area contributed by atoms with Crippen molar-refractivity contribution in [2.24, 2.45) is 0 Å². The molecule has 0 heterocycles. The van der Waals surface area contributed by atoms with Crippen LogP contribution in [-0.2, 0) is 26.3 Å². The van der Waals surface area contributed by atoms with Gasteiger partial charge in [0.25, 0.3) is 0 Å². The van der Waals surface area contributed by atoms with Crippen LogP contribution < -0.4 is 10.0 Å². The number of anilines is 1. The highest BCUT2D eigenvalue weighted by atomic mass is 32.8. The van der Waals surface area contributed by atoms with Crippen LogP contribution in [0.3, 0.4) is 0 Å². The molecule has 1 aromatic rings. The molecule has 0 aliphatic heterocycles. The van der Waals surface area contributed by atoms with Gasteiger partial charge in [0.1, 0.15) is 8.68 Å². The molecular weight excluding hydrogens is 228 g/mol. The van der Waals surface area contributed by atoms with Crippen molar-refractivity contribution in [3.8, 4) is 0 Å². The van der Waals surface area contributed by atoms with E-state index in [1.165, 1.54) is 11.8 Å². The van der Waals surface area contributed by atoms with Gasteiger partial charge in [-0.05, 0) is 37.7 Å². The van der Waals surface area contributed by atoms with Crippen molar-refractivity contribution < 1.29 is 4.21 Å². The van der Waals surface area contributed by atoms with Crippen LogP contribution in [0.4, 0.5) is 5.69 Å². The Bertz CT molecular complexity index is 398. The molecule has 5 heteroatoms. The van der Waals surface area contributed by atoms with Crippen LogP contribution in [0.2, 0.25) is 0 Å². The molecule has 3 nitrogen and oxygen atoms in total. The first-order valence-corrected chi connectivity index (χ1v) is 7.62.